The Kier molecular flexibility index (Phi) is 5.21. The summed E-state index contributed by atoms with van der Waals surface area (Å²) in [4.78, 5) is 12.4. The first-order chi connectivity index (χ1) is 13.1. The van der Waals surface area contributed by atoms with Crippen molar-refractivity contribution in [1.82, 2.24) is 0 Å². The number of Topliss-reactive ketones (excluding diaryl/α,β-unsaturated/α-hetero) is 1. The molecule has 1 aromatic carbocycles. The lowest BCUT2D eigenvalue weighted by Crippen LogP contribution is -2.12. The van der Waals surface area contributed by atoms with Crippen LogP contribution in [0.1, 0.15) is 77.7 Å². The zero-order valence-corrected chi connectivity index (χ0v) is 17.1. The van der Waals surface area contributed by atoms with E-state index in [4.69, 9.17) is 0 Å². The zero-order valence-electron chi connectivity index (χ0n) is 17.1. The van der Waals surface area contributed by atoms with Crippen molar-refractivity contribution in [3.8, 4) is 0 Å². The second-order valence-corrected chi connectivity index (χ2v) is 9.02. The van der Waals surface area contributed by atoms with E-state index in [0.717, 1.165) is 24.8 Å². The van der Waals surface area contributed by atoms with Crippen molar-refractivity contribution < 1.29 is 4.79 Å². The van der Waals surface area contributed by atoms with E-state index in [0.29, 0.717) is 11.8 Å². The summed E-state index contributed by atoms with van der Waals surface area (Å²) >= 11 is 0. The van der Waals surface area contributed by atoms with Gasteiger partial charge in [-0.1, -0.05) is 63.4 Å². The molecule has 0 unspecified atom stereocenters. The Morgan fingerprint density at radius 2 is 1.67 bits per heavy atom. The normalized spacial score (nSPS) is 20.9. The van der Waals surface area contributed by atoms with E-state index < -0.39 is 0 Å². The minimum atomic E-state index is 0.282. The highest BCUT2D eigenvalue weighted by atomic mass is 16.1. The average molecular weight is 361 g/mol. The summed E-state index contributed by atoms with van der Waals surface area (Å²) in [5.41, 5.74) is 10.1. The third kappa shape index (κ3) is 3.49. The largest absolute Gasteiger partial charge is 0.295 e. The van der Waals surface area contributed by atoms with Crippen molar-refractivity contribution in [3.63, 3.8) is 0 Å². The van der Waals surface area contributed by atoms with Gasteiger partial charge < -0.3 is 0 Å². The van der Waals surface area contributed by atoms with Crippen LogP contribution in [0.25, 0.3) is 5.57 Å². The van der Waals surface area contributed by atoms with Gasteiger partial charge in [0, 0.05) is 12.0 Å². The number of allylic oxidation sites excluding steroid dienone is 6. The molecule has 0 heterocycles. The number of hydrogen-bond donors (Lipinski definition) is 0. The van der Waals surface area contributed by atoms with Crippen molar-refractivity contribution in [2.45, 2.75) is 72.1 Å². The van der Waals surface area contributed by atoms with Crippen LogP contribution in [0.15, 0.2) is 58.2 Å². The van der Waals surface area contributed by atoms with Crippen LogP contribution in [-0.4, -0.2) is 5.78 Å². The van der Waals surface area contributed by atoms with Gasteiger partial charge in [0.15, 0.2) is 5.78 Å². The Morgan fingerprint density at radius 1 is 0.963 bits per heavy atom. The van der Waals surface area contributed by atoms with Crippen LogP contribution < -0.4 is 0 Å². The van der Waals surface area contributed by atoms with Gasteiger partial charge in [0.2, 0.25) is 0 Å². The van der Waals surface area contributed by atoms with Gasteiger partial charge >= 0.3 is 0 Å². The van der Waals surface area contributed by atoms with Gasteiger partial charge in [-0.2, -0.15) is 0 Å². The quantitative estimate of drug-likeness (QED) is 0.549. The number of hydrogen-bond acceptors (Lipinski definition) is 1. The SMILES string of the molecule is CC(=O)C1=C(CC(C)C)C2=C(C1)C(C1CCCCC1)=C(c1ccccc1)C2. The molecule has 3 aliphatic carbocycles. The summed E-state index contributed by atoms with van der Waals surface area (Å²) in [6, 6.07) is 11.0. The van der Waals surface area contributed by atoms with Gasteiger partial charge in [-0.15, -0.1) is 0 Å². The molecule has 1 nitrogen and oxygen atoms in total. The van der Waals surface area contributed by atoms with E-state index in [1.54, 1.807) is 18.1 Å². The predicted molar refractivity (Wildman–Crippen MR) is 113 cm³/mol. The molecule has 1 aromatic rings. The maximum atomic E-state index is 12.4. The number of ketones is 1. The molecule has 0 aromatic heterocycles. The molecule has 0 saturated heterocycles. The standard InChI is InChI=1S/C26H32O/c1-17(2)14-23-21(18(3)27)15-25-24(23)16-22(19-10-6-4-7-11-19)26(25)20-12-8-5-9-13-20/h4,6-7,10-11,17,20H,5,8-9,12-16H2,1-3H3. The van der Waals surface area contributed by atoms with Gasteiger partial charge in [0.1, 0.15) is 0 Å². The topological polar surface area (TPSA) is 17.1 Å². The molecule has 0 bridgehead atoms. The van der Waals surface area contributed by atoms with Crippen molar-refractivity contribution in [1.29, 1.82) is 0 Å². The number of carbonyl (C=O) groups excluding carboxylic acids is 1. The first kappa shape index (κ1) is 18.5. The van der Waals surface area contributed by atoms with Gasteiger partial charge in [-0.25, -0.2) is 0 Å². The predicted octanol–water partition coefficient (Wildman–Crippen LogP) is 7.06. The third-order valence-corrected chi connectivity index (χ3v) is 6.62. The third-order valence-electron chi connectivity index (χ3n) is 6.62. The fourth-order valence-electron chi connectivity index (χ4n) is 5.45. The lowest BCUT2D eigenvalue weighted by molar-refractivity contribution is -0.113. The fourth-order valence-corrected chi connectivity index (χ4v) is 5.45. The van der Waals surface area contributed by atoms with Crippen LogP contribution in [0.5, 0.6) is 0 Å². The lowest BCUT2D eigenvalue weighted by Gasteiger charge is -2.26. The van der Waals surface area contributed by atoms with Crippen molar-refractivity contribution in [2.24, 2.45) is 11.8 Å². The fraction of sp³-hybridized carbons (Fsp3) is 0.500. The van der Waals surface area contributed by atoms with Gasteiger partial charge in [0.05, 0.1) is 0 Å². The summed E-state index contributed by atoms with van der Waals surface area (Å²) in [5, 5.41) is 0. The minimum absolute atomic E-state index is 0.282. The van der Waals surface area contributed by atoms with Gasteiger partial charge in [-0.3, -0.25) is 4.79 Å². The van der Waals surface area contributed by atoms with Crippen LogP contribution in [0.2, 0.25) is 0 Å². The first-order valence-corrected chi connectivity index (χ1v) is 10.8. The monoisotopic (exact) mass is 360 g/mol. The summed E-state index contributed by atoms with van der Waals surface area (Å²) in [5.74, 6) is 1.55. The molecule has 4 rings (SSSR count). The molecule has 0 N–H and O–H groups in total. The lowest BCUT2D eigenvalue weighted by atomic mass is 9.78. The molecule has 0 atom stereocenters. The molecular weight excluding hydrogens is 328 g/mol. The van der Waals surface area contributed by atoms with E-state index in [2.05, 4.69) is 44.2 Å². The molecule has 142 valence electrons. The van der Waals surface area contributed by atoms with E-state index in [1.807, 2.05) is 0 Å². The second-order valence-electron chi connectivity index (χ2n) is 9.02. The molecule has 27 heavy (non-hydrogen) atoms. The first-order valence-electron chi connectivity index (χ1n) is 10.8. The zero-order chi connectivity index (χ0) is 19.0. The number of carbonyl (C=O) groups is 1. The van der Waals surface area contributed by atoms with Crippen LogP contribution in [0, 0.1) is 11.8 Å². The van der Waals surface area contributed by atoms with E-state index in [1.165, 1.54) is 54.4 Å². The Balaban J connectivity index is 1.77. The van der Waals surface area contributed by atoms with Crippen molar-refractivity contribution in [3.05, 3.63) is 63.8 Å². The van der Waals surface area contributed by atoms with Crippen molar-refractivity contribution >= 4 is 11.4 Å². The summed E-state index contributed by atoms with van der Waals surface area (Å²) in [7, 11) is 0. The van der Waals surface area contributed by atoms with Crippen LogP contribution in [0.3, 0.4) is 0 Å². The molecule has 0 radical (unpaired) electrons. The molecular formula is C26H32O. The number of benzene rings is 1. The van der Waals surface area contributed by atoms with Crippen LogP contribution >= 0.6 is 0 Å². The molecule has 0 amide bonds. The Hall–Kier alpha value is -1.89. The van der Waals surface area contributed by atoms with Crippen LogP contribution in [-0.2, 0) is 4.79 Å². The highest BCUT2D eigenvalue weighted by Gasteiger charge is 2.37. The van der Waals surface area contributed by atoms with Crippen LogP contribution in [0.4, 0.5) is 0 Å². The highest BCUT2D eigenvalue weighted by molar-refractivity contribution is 5.98. The number of rotatable bonds is 5. The average Bonchev–Trinajstić information content (AvgIpc) is 3.20. The second kappa shape index (κ2) is 7.62. The Bertz CT molecular complexity index is 826. The molecule has 1 saturated carbocycles. The summed E-state index contributed by atoms with van der Waals surface area (Å²) in [6.07, 6.45) is 9.67. The molecule has 3 aliphatic rings. The summed E-state index contributed by atoms with van der Waals surface area (Å²) < 4.78 is 0. The minimum Gasteiger partial charge on any atom is -0.295 e. The summed E-state index contributed by atoms with van der Waals surface area (Å²) in [6.45, 7) is 6.30. The molecule has 1 fully saturated rings. The molecule has 0 spiro atoms. The Morgan fingerprint density at radius 3 is 2.30 bits per heavy atom. The van der Waals surface area contributed by atoms with Crippen molar-refractivity contribution in [2.75, 3.05) is 0 Å². The highest BCUT2D eigenvalue weighted by Crippen LogP contribution is 2.54. The maximum Gasteiger partial charge on any atom is 0.156 e. The molecule has 1 heteroatoms. The van der Waals surface area contributed by atoms with Gasteiger partial charge in [-0.05, 0) is 77.9 Å². The Labute approximate surface area is 164 Å². The van der Waals surface area contributed by atoms with E-state index in [9.17, 15) is 4.79 Å². The van der Waals surface area contributed by atoms with E-state index in [-0.39, 0.29) is 5.78 Å². The van der Waals surface area contributed by atoms with E-state index >= 15 is 0 Å². The van der Waals surface area contributed by atoms with Gasteiger partial charge in [0.25, 0.3) is 0 Å². The smallest absolute Gasteiger partial charge is 0.156 e. The molecule has 0 aliphatic heterocycles. The maximum absolute atomic E-state index is 12.4.